The van der Waals surface area contributed by atoms with E-state index in [1.54, 1.807) is 24.7 Å². The fourth-order valence-corrected chi connectivity index (χ4v) is 1.04. The molecule has 4 nitrogen and oxygen atoms in total. The molecule has 2 aromatic heterocycles. The third-order valence-electron chi connectivity index (χ3n) is 1.39. The van der Waals surface area contributed by atoms with Crippen LogP contribution in [0.15, 0.2) is 24.7 Å². The molecule has 0 unspecified atom stereocenters. The molecule has 60 valence electrons. The highest BCUT2D eigenvalue weighted by Crippen LogP contribution is 2.05. The van der Waals surface area contributed by atoms with E-state index in [1.807, 2.05) is 0 Å². The summed E-state index contributed by atoms with van der Waals surface area (Å²) in [7, 11) is 0. The molecule has 5 heteroatoms. The van der Waals surface area contributed by atoms with E-state index in [0.717, 1.165) is 0 Å². The largest absolute Gasteiger partial charge is 0.342 e. The molecule has 0 saturated carbocycles. The zero-order valence-electron chi connectivity index (χ0n) is 6.11. The molecule has 0 spiro atoms. The number of H-pyrrole nitrogens is 2. The molecule has 2 N–H and O–H groups in total. The maximum Gasteiger partial charge on any atom is 0.174 e. The number of nitrogens with zero attached hydrogens (tertiary/aromatic N) is 2. The van der Waals surface area contributed by atoms with Crippen LogP contribution < -0.4 is 0 Å². The Hall–Kier alpha value is -1.49. The highest BCUT2D eigenvalue weighted by atomic mass is 32.1. The Kier molecular flexibility index (Phi) is 1.71. The van der Waals surface area contributed by atoms with E-state index in [4.69, 9.17) is 12.2 Å². The average molecular weight is 178 g/mol. The van der Waals surface area contributed by atoms with Crippen LogP contribution in [0, 0.1) is 4.64 Å². The summed E-state index contributed by atoms with van der Waals surface area (Å²) in [5.41, 5.74) is 0. The molecular weight excluding hydrogens is 172 g/mol. The molecule has 0 aliphatic heterocycles. The van der Waals surface area contributed by atoms with Crippen molar-refractivity contribution >= 4 is 12.2 Å². The molecule has 2 rings (SSSR count). The smallest absolute Gasteiger partial charge is 0.174 e. The van der Waals surface area contributed by atoms with Gasteiger partial charge in [-0.2, -0.15) is 0 Å². The van der Waals surface area contributed by atoms with Gasteiger partial charge in [0, 0.05) is 18.6 Å². The summed E-state index contributed by atoms with van der Waals surface area (Å²) in [4.78, 5) is 13.9. The monoisotopic (exact) mass is 178 g/mol. The van der Waals surface area contributed by atoms with Crippen LogP contribution >= 0.6 is 12.2 Å². The molecule has 2 aromatic rings. The van der Waals surface area contributed by atoms with Crippen LogP contribution in [-0.4, -0.2) is 19.9 Å². The Bertz CT molecular complexity index is 417. The first-order chi connectivity index (χ1) is 5.86. The second kappa shape index (κ2) is 2.86. The predicted molar refractivity (Wildman–Crippen MR) is 47.0 cm³/mol. The van der Waals surface area contributed by atoms with Gasteiger partial charge in [0.15, 0.2) is 11.6 Å². The number of hydrogen-bond donors (Lipinski definition) is 2. The summed E-state index contributed by atoms with van der Waals surface area (Å²) in [6.45, 7) is 0. The Morgan fingerprint density at radius 2 is 2.00 bits per heavy atom. The van der Waals surface area contributed by atoms with Gasteiger partial charge in [0.1, 0.15) is 4.64 Å². The van der Waals surface area contributed by atoms with Crippen molar-refractivity contribution in [2.75, 3.05) is 0 Å². The van der Waals surface area contributed by atoms with E-state index in [0.29, 0.717) is 16.3 Å². The SMILES string of the molecule is S=c1ccnc(-c2ncc[nH]2)[nH]1. The van der Waals surface area contributed by atoms with Crippen molar-refractivity contribution in [1.82, 2.24) is 19.9 Å². The van der Waals surface area contributed by atoms with E-state index in [2.05, 4.69) is 19.9 Å². The lowest BCUT2D eigenvalue weighted by Gasteiger charge is -1.93. The number of rotatable bonds is 1. The predicted octanol–water partition coefficient (Wildman–Crippen LogP) is 1.53. The van der Waals surface area contributed by atoms with Crippen LogP contribution in [0.5, 0.6) is 0 Å². The van der Waals surface area contributed by atoms with Crippen molar-refractivity contribution in [3.8, 4) is 11.6 Å². The zero-order chi connectivity index (χ0) is 8.39. The van der Waals surface area contributed by atoms with E-state index >= 15 is 0 Å². The first-order valence-corrected chi connectivity index (χ1v) is 3.82. The third kappa shape index (κ3) is 1.26. The molecule has 0 aliphatic carbocycles. The lowest BCUT2D eigenvalue weighted by Crippen LogP contribution is -1.89. The van der Waals surface area contributed by atoms with Gasteiger partial charge in [-0.1, -0.05) is 12.2 Å². The molecule has 0 amide bonds. The Morgan fingerprint density at radius 3 is 2.67 bits per heavy atom. The van der Waals surface area contributed by atoms with Gasteiger partial charge in [0.2, 0.25) is 0 Å². The van der Waals surface area contributed by atoms with Gasteiger partial charge >= 0.3 is 0 Å². The van der Waals surface area contributed by atoms with Gasteiger partial charge < -0.3 is 9.97 Å². The van der Waals surface area contributed by atoms with Crippen molar-refractivity contribution in [3.63, 3.8) is 0 Å². The molecule has 0 atom stereocenters. The maximum atomic E-state index is 4.94. The van der Waals surface area contributed by atoms with Gasteiger partial charge in [-0.05, 0) is 6.07 Å². The highest BCUT2D eigenvalue weighted by Gasteiger charge is 1.98. The minimum absolute atomic E-state index is 0.649. The van der Waals surface area contributed by atoms with E-state index in [-0.39, 0.29) is 0 Å². The lowest BCUT2D eigenvalue weighted by atomic mass is 10.5. The van der Waals surface area contributed by atoms with Crippen LogP contribution in [-0.2, 0) is 0 Å². The normalized spacial score (nSPS) is 10.0. The van der Waals surface area contributed by atoms with E-state index in [1.165, 1.54) is 0 Å². The minimum atomic E-state index is 0.649. The van der Waals surface area contributed by atoms with Crippen LogP contribution in [0.3, 0.4) is 0 Å². The maximum absolute atomic E-state index is 4.94. The van der Waals surface area contributed by atoms with Gasteiger partial charge in [-0.15, -0.1) is 0 Å². The van der Waals surface area contributed by atoms with Crippen molar-refractivity contribution in [2.24, 2.45) is 0 Å². The van der Waals surface area contributed by atoms with Crippen LogP contribution in [0.4, 0.5) is 0 Å². The Balaban J connectivity index is 2.55. The van der Waals surface area contributed by atoms with Gasteiger partial charge in [0.05, 0.1) is 0 Å². The quantitative estimate of drug-likeness (QED) is 0.651. The van der Waals surface area contributed by atoms with Crippen LogP contribution in [0.25, 0.3) is 11.6 Å². The third-order valence-corrected chi connectivity index (χ3v) is 1.63. The van der Waals surface area contributed by atoms with Crippen LogP contribution in [0.1, 0.15) is 0 Å². The zero-order valence-corrected chi connectivity index (χ0v) is 6.93. The Morgan fingerprint density at radius 1 is 1.17 bits per heavy atom. The molecule has 0 aromatic carbocycles. The molecule has 2 heterocycles. The molecule has 0 radical (unpaired) electrons. The average Bonchev–Trinajstić information content (AvgIpc) is 2.56. The second-order valence-corrected chi connectivity index (χ2v) is 2.66. The van der Waals surface area contributed by atoms with Gasteiger partial charge in [-0.3, -0.25) is 0 Å². The van der Waals surface area contributed by atoms with Crippen molar-refractivity contribution in [1.29, 1.82) is 0 Å². The van der Waals surface area contributed by atoms with Crippen molar-refractivity contribution in [3.05, 3.63) is 29.3 Å². The molecule has 0 saturated heterocycles. The number of hydrogen-bond acceptors (Lipinski definition) is 3. The van der Waals surface area contributed by atoms with Crippen LogP contribution in [0.2, 0.25) is 0 Å². The summed E-state index contributed by atoms with van der Waals surface area (Å²) < 4.78 is 0.649. The fourth-order valence-electron chi connectivity index (χ4n) is 0.885. The highest BCUT2D eigenvalue weighted by molar-refractivity contribution is 7.71. The molecule has 0 bridgehead atoms. The fraction of sp³-hybridized carbons (Fsp3) is 0. The Labute approximate surface area is 73.7 Å². The summed E-state index contributed by atoms with van der Waals surface area (Å²) >= 11 is 4.94. The number of aromatic amines is 2. The lowest BCUT2D eigenvalue weighted by molar-refractivity contribution is 1.11. The second-order valence-electron chi connectivity index (χ2n) is 2.22. The first-order valence-electron chi connectivity index (χ1n) is 3.41. The molecule has 0 aliphatic rings. The number of nitrogens with one attached hydrogen (secondary N) is 2. The molecule has 12 heavy (non-hydrogen) atoms. The summed E-state index contributed by atoms with van der Waals surface area (Å²) in [6.07, 6.45) is 5.05. The van der Waals surface area contributed by atoms with Gasteiger partial charge in [0.25, 0.3) is 0 Å². The van der Waals surface area contributed by atoms with E-state index in [9.17, 15) is 0 Å². The summed E-state index contributed by atoms with van der Waals surface area (Å²) in [6, 6.07) is 1.72. The molecule has 0 fully saturated rings. The minimum Gasteiger partial charge on any atom is -0.342 e. The van der Waals surface area contributed by atoms with Crippen molar-refractivity contribution in [2.45, 2.75) is 0 Å². The van der Waals surface area contributed by atoms with Crippen molar-refractivity contribution < 1.29 is 0 Å². The number of imidazole rings is 1. The number of aromatic nitrogens is 4. The summed E-state index contributed by atoms with van der Waals surface area (Å²) in [5.74, 6) is 1.36. The van der Waals surface area contributed by atoms with Gasteiger partial charge in [-0.25, -0.2) is 9.97 Å². The molecular formula is C7H6N4S. The summed E-state index contributed by atoms with van der Waals surface area (Å²) in [5, 5.41) is 0. The first kappa shape index (κ1) is 7.17. The van der Waals surface area contributed by atoms with E-state index < -0.39 is 0 Å². The standard InChI is InChI=1S/C7H6N4S/c12-5-1-2-8-7(11-5)6-9-3-4-10-6/h1-4H,(H,9,10)(H,8,11,12). The topological polar surface area (TPSA) is 57.4 Å².